The van der Waals surface area contributed by atoms with Gasteiger partial charge in [-0.1, -0.05) is 50.2 Å². The first kappa shape index (κ1) is 15.7. The molecular weight excluding hydrogens is 289 g/mol. The standard InChI is InChI=1S/C20H22FNO/c1-13(2)14-3-5-15(6-4-14)17-11-19(20(23)22-12-17)16-7-9-18(21)10-8-16/h3-10,13,17,19H,11-12H2,1-2H3,(H,22,23)/t17-,19-/m1/s1. The average molecular weight is 311 g/mol. The molecule has 2 atom stereocenters. The minimum Gasteiger partial charge on any atom is -0.355 e. The highest BCUT2D eigenvalue weighted by molar-refractivity contribution is 5.84. The van der Waals surface area contributed by atoms with Gasteiger partial charge in [-0.25, -0.2) is 4.39 Å². The number of nitrogens with one attached hydrogen (secondary N) is 1. The van der Waals surface area contributed by atoms with E-state index in [4.69, 9.17) is 0 Å². The van der Waals surface area contributed by atoms with Gasteiger partial charge in [-0.05, 0) is 41.2 Å². The van der Waals surface area contributed by atoms with Crippen LogP contribution in [0.3, 0.4) is 0 Å². The molecule has 0 aliphatic carbocycles. The number of carbonyl (C=O) groups excluding carboxylic acids is 1. The first-order valence-corrected chi connectivity index (χ1v) is 8.17. The molecular formula is C20H22FNO. The Balaban J connectivity index is 1.79. The number of rotatable bonds is 3. The van der Waals surface area contributed by atoms with E-state index in [1.165, 1.54) is 23.3 Å². The maximum Gasteiger partial charge on any atom is 0.227 e. The van der Waals surface area contributed by atoms with Gasteiger partial charge in [-0.2, -0.15) is 0 Å². The van der Waals surface area contributed by atoms with Gasteiger partial charge in [0.1, 0.15) is 5.82 Å². The number of benzene rings is 2. The minimum absolute atomic E-state index is 0.0339. The van der Waals surface area contributed by atoms with E-state index in [-0.39, 0.29) is 17.6 Å². The third kappa shape index (κ3) is 3.44. The van der Waals surface area contributed by atoms with Crippen LogP contribution in [0.4, 0.5) is 4.39 Å². The molecule has 2 aromatic rings. The van der Waals surface area contributed by atoms with E-state index in [1.807, 2.05) is 0 Å². The smallest absolute Gasteiger partial charge is 0.227 e. The van der Waals surface area contributed by atoms with Gasteiger partial charge in [0.05, 0.1) is 5.92 Å². The van der Waals surface area contributed by atoms with E-state index >= 15 is 0 Å². The summed E-state index contributed by atoms with van der Waals surface area (Å²) in [5.41, 5.74) is 3.46. The fourth-order valence-electron chi connectivity index (χ4n) is 3.21. The predicted octanol–water partition coefficient (Wildman–Crippen LogP) is 4.34. The molecule has 3 heteroatoms. The van der Waals surface area contributed by atoms with E-state index in [9.17, 15) is 9.18 Å². The van der Waals surface area contributed by atoms with Crippen molar-refractivity contribution in [2.75, 3.05) is 6.54 Å². The van der Waals surface area contributed by atoms with Crippen LogP contribution in [0.1, 0.15) is 54.7 Å². The van der Waals surface area contributed by atoms with Crippen LogP contribution in [0.25, 0.3) is 0 Å². The van der Waals surface area contributed by atoms with E-state index in [0.717, 1.165) is 12.0 Å². The van der Waals surface area contributed by atoms with Crippen molar-refractivity contribution in [2.45, 2.75) is 38.0 Å². The predicted molar refractivity (Wildman–Crippen MR) is 90.0 cm³/mol. The lowest BCUT2D eigenvalue weighted by Gasteiger charge is -2.30. The highest BCUT2D eigenvalue weighted by Crippen LogP contribution is 2.33. The van der Waals surface area contributed by atoms with Crippen LogP contribution in [0, 0.1) is 5.82 Å². The number of amides is 1. The van der Waals surface area contributed by atoms with E-state index in [0.29, 0.717) is 18.4 Å². The molecule has 0 unspecified atom stereocenters. The molecule has 120 valence electrons. The molecule has 1 fully saturated rings. The molecule has 0 aromatic heterocycles. The van der Waals surface area contributed by atoms with E-state index in [1.54, 1.807) is 12.1 Å². The second-order valence-corrected chi connectivity index (χ2v) is 6.60. The van der Waals surface area contributed by atoms with Crippen LogP contribution in [0.2, 0.25) is 0 Å². The zero-order valence-corrected chi connectivity index (χ0v) is 13.6. The molecule has 3 rings (SSSR count). The average Bonchev–Trinajstić information content (AvgIpc) is 2.56. The van der Waals surface area contributed by atoms with Crippen molar-refractivity contribution in [3.63, 3.8) is 0 Å². The number of hydrogen-bond donors (Lipinski definition) is 1. The fraction of sp³-hybridized carbons (Fsp3) is 0.350. The summed E-state index contributed by atoms with van der Waals surface area (Å²) in [6, 6.07) is 14.9. The minimum atomic E-state index is -0.272. The summed E-state index contributed by atoms with van der Waals surface area (Å²) in [7, 11) is 0. The summed E-state index contributed by atoms with van der Waals surface area (Å²) in [5, 5.41) is 3.00. The second kappa shape index (κ2) is 6.53. The summed E-state index contributed by atoms with van der Waals surface area (Å²) in [4.78, 5) is 12.2. The van der Waals surface area contributed by atoms with E-state index in [2.05, 4.69) is 43.4 Å². The Hall–Kier alpha value is -2.16. The van der Waals surface area contributed by atoms with Crippen molar-refractivity contribution in [2.24, 2.45) is 0 Å². The van der Waals surface area contributed by atoms with Gasteiger partial charge in [0.2, 0.25) is 5.91 Å². The first-order chi connectivity index (χ1) is 11.0. The topological polar surface area (TPSA) is 29.1 Å². The van der Waals surface area contributed by atoms with Gasteiger partial charge < -0.3 is 5.32 Å². The van der Waals surface area contributed by atoms with Gasteiger partial charge in [-0.15, -0.1) is 0 Å². The first-order valence-electron chi connectivity index (χ1n) is 8.17. The van der Waals surface area contributed by atoms with Crippen LogP contribution >= 0.6 is 0 Å². The van der Waals surface area contributed by atoms with Crippen LogP contribution < -0.4 is 5.32 Å². The van der Waals surface area contributed by atoms with Crippen molar-refractivity contribution in [1.82, 2.24) is 5.32 Å². The third-order valence-electron chi connectivity index (χ3n) is 4.71. The molecule has 0 spiro atoms. The van der Waals surface area contributed by atoms with Crippen LogP contribution in [0.15, 0.2) is 48.5 Å². The Kier molecular flexibility index (Phi) is 4.46. The Labute approximate surface area is 136 Å². The molecule has 0 saturated carbocycles. The zero-order valence-electron chi connectivity index (χ0n) is 13.6. The van der Waals surface area contributed by atoms with Crippen LogP contribution in [-0.4, -0.2) is 12.5 Å². The molecule has 1 aliphatic rings. The molecule has 0 bridgehead atoms. The van der Waals surface area contributed by atoms with Gasteiger partial charge in [0.25, 0.3) is 0 Å². The second-order valence-electron chi connectivity index (χ2n) is 6.60. The van der Waals surface area contributed by atoms with Gasteiger partial charge in [0, 0.05) is 12.5 Å². The van der Waals surface area contributed by atoms with E-state index < -0.39 is 0 Å². The molecule has 1 saturated heterocycles. The summed E-state index contributed by atoms with van der Waals surface area (Å²) >= 11 is 0. The molecule has 2 aromatic carbocycles. The maximum atomic E-state index is 13.1. The zero-order chi connectivity index (χ0) is 16.4. The molecule has 1 N–H and O–H groups in total. The van der Waals surface area contributed by atoms with Crippen LogP contribution in [0.5, 0.6) is 0 Å². The molecule has 2 nitrogen and oxygen atoms in total. The number of halogens is 1. The van der Waals surface area contributed by atoms with Crippen molar-refractivity contribution in [3.05, 3.63) is 71.0 Å². The highest BCUT2D eigenvalue weighted by Gasteiger charge is 2.30. The highest BCUT2D eigenvalue weighted by atomic mass is 19.1. The van der Waals surface area contributed by atoms with Crippen molar-refractivity contribution >= 4 is 5.91 Å². The summed E-state index contributed by atoms with van der Waals surface area (Å²) < 4.78 is 13.1. The third-order valence-corrected chi connectivity index (χ3v) is 4.71. The molecule has 23 heavy (non-hydrogen) atoms. The Morgan fingerprint density at radius 1 is 1.00 bits per heavy atom. The Morgan fingerprint density at radius 3 is 2.22 bits per heavy atom. The normalized spacial score (nSPS) is 21.3. The molecule has 0 radical (unpaired) electrons. The van der Waals surface area contributed by atoms with Crippen molar-refractivity contribution in [1.29, 1.82) is 0 Å². The Morgan fingerprint density at radius 2 is 1.61 bits per heavy atom. The van der Waals surface area contributed by atoms with Crippen molar-refractivity contribution in [3.8, 4) is 0 Å². The maximum absolute atomic E-state index is 13.1. The van der Waals surface area contributed by atoms with Gasteiger partial charge in [-0.3, -0.25) is 4.79 Å². The lowest BCUT2D eigenvalue weighted by molar-refractivity contribution is -0.124. The molecule has 1 heterocycles. The lowest BCUT2D eigenvalue weighted by Crippen LogP contribution is -2.39. The summed E-state index contributed by atoms with van der Waals surface area (Å²) in [5.74, 6) is 0.364. The number of hydrogen-bond acceptors (Lipinski definition) is 1. The summed E-state index contributed by atoms with van der Waals surface area (Å²) in [6.07, 6.45) is 0.762. The largest absolute Gasteiger partial charge is 0.355 e. The van der Waals surface area contributed by atoms with Crippen molar-refractivity contribution < 1.29 is 9.18 Å². The van der Waals surface area contributed by atoms with Gasteiger partial charge >= 0.3 is 0 Å². The summed E-state index contributed by atoms with van der Waals surface area (Å²) in [6.45, 7) is 5.03. The Bertz CT molecular complexity index is 676. The molecule has 1 aliphatic heterocycles. The molecule has 1 amide bonds. The monoisotopic (exact) mass is 311 g/mol. The SMILES string of the molecule is CC(C)c1ccc([C@H]2CNC(=O)[C@@H](c3ccc(F)cc3)C2)cc1. The van der Waals surface area contributed by atoms with Crippen LogP contribution in [-0.2, 0) is 4.79 Å². The quantitative estimate of drug-likeness (QED) is 0.898. The lowest BCUT2D eigenvalue weighted by atomic mass is 9.81. The number of carbonyl (C=O) groups is 1. The number of piperidine rings is 1. The fourth-order valence-corrected chi connectivity index (χ4v) is 3.21. The van der Waals surface area contributed by atoms with Gasteiger partial charge in [0.15, 0.2) is 0 Å².